The number of carbonyl (C=O) groups excluding carboxylic acids is 1. The summed E-state index contributed by atoms with van der Waals surface area (Å²) in [5, 5.41) is 3.49. The van der Waals surface area contributed by atoms with Crippen molar-refractivity contribution < 1.29 is 4.79 Å². The number of rotatable bonds is 3. The van der Waals surface area contributed by atoms with Gasteiger partial charge in [-0.05, 0) is 13.0 Å². The number of hydrogen-bond donors (Lipinski definition) is 0. The van der Waals surface area contributed by atoms with E-state index in [1.54, 1.807) is 5.01 Å². The highest BCUT2D eigenvalue weighted by Gasteiger charge is 2.05. The molecule has 0 atom stereocenters. The first kappa shape index (κ1) is 7.85. The molecular formula is C8H12N2O. The van der Waals surface area contributed by atoms with Gasteiger partial charge < -0.3 is 0 Å². The van der Waals surface area contributed by atoms with E-state index in [1.165, 1.54) is 0 Å². The largest absolute Gasteiger partial charge is 0.287 e. The molecule has 0 saturated heterocycles. The number of hydrazine groups is 1. The predicted molar refractivity (Wildman–Crippen MR) is 43.4 cm³/mol. The molecule has 0 saturated carbocycles. The van der Waals surface area contributed by atoms with E-state index in [0.717, 1.165) is 13.0 Å². The van der Waals surface area contributed by atoms with Gasteiger partial charge >= 0.3 is 0 Å². The van der Waals surface area contributed by atoms with Gasteiger partial charge in [0.2, 0.25) is 6.41 Å². The Morgan fingerprint density at radius 2 is 2.45 bits per heavy atom. The maximum atomic E-state index is 10.5. The number of amides is 1. The molecule has 0 aliphatic carbocycles. The topological polar surface area (TPSA) is 23.6 Å². The van der Waals surface area contributed by atoms with Crippen molar-refractivity contribution in [3.63, 3.8) is 0 Å². The van der Waals surface area contributed by atoms with E-state index < -0.39 is 0 Å². The molecule has 11 heavy (non-hydrogen) atoms. The smallest absolute Gasteiger partial charge is 0.228 e. The van der Waals surface area contributed by atoms with E-state index in [0.29, 0.717) is 6.54 Å². The van der Waals surface area contributed by atoms with Gasteiger partial charge in [-0.1, -0.05) is 12.2 Å². The molecular weight excluding hydrogens is 140 g/mol. The zero-order valence-electron chi connectivity index (χ0n) is 6.60. The zero-order valence-corrected chi connectivity index (χ0v) is 6.60. The van der Waals surface area contributed by atoms with Crippen molar-refractivity contribution in [2.45, 2.75) is 6.92 Å². The lowest BCUT2D eigenvalue weighted by atomic mass is 10.4. The van der Waals surface area contributed by atoms with E-state index in [2.05, 4.69) is 0 Å². The van der Waals surface area contributed by atoms with Crippen LogP contribution in [-0.4, -0.2) is 29.5 Å². The summed E-state index contributed by atoms with van der Waals surface area (Å²) in [7, 11) is 0. The maximum absolute atomic E-state index is 10.5. The van der Waals surface area contributed by atoms with Gasteiger partial charge in [-0.2, -0.15) is 0 Å². The van der Waals surface area contributed by atoms with E-state index in [1.807, 2.05) is 36.4 Å². The third kappa shape index (κ3) is 1.83. The second kappa shape index (κ2) is 3.81. The fourth-order valence-electron chi connectivity index (χ4n) is 0.965. The minimum atomic E-state index is 0.710. The second-order valence-corrected chi connectivity index (χ2v) is 2.25. The van der Waals surface area contributed by atoms with E-state index in [9.17, 15) is 4.79 Å². The summed E-state index contributed by atoms with van der Waals surface area (Å²) in [5.74, 6) is 0. The van der Waals surface area contributed by atoms with Crippen molar-refractivity contribution >= 4 is 6.41 Å². The molecule has 0 N–H and O–H groups in total. The van der Waals surface area contributed by atoms with Crippen LogP contribution in [0.2, 0.25) is 0 Å². The van der Waals surface area contributed by atoms with Crippen molar-refractivity contribution in [2.24, 2.45) is 0 Å². The Morgan fingerprint density at radius 3 is 2.91 bits per heavy atom. The molecule has 0 aromatic heterocycles. The molecule has 1 amide bonds. The average Bonchev–Trinajstić information content (AvgIpc) is 2.09. The van der Waals surface area contributed by atoms with Crippen LogP contribution in [0.4, 0.5) is 0 Å². The Hall–Kier alpha value is -1.25. The molecule has 1 aliphatic rings. The molecule has 0 aromatic rings. The van der Waals surface area contributed by atoms with E-state index >= 15 is 0 Å². The molecule has 1 rings (SSSR count). The van der Waals surface area contributed by atoms with Crippen molar-refractivity contribution in [3.05, 3.63) is 24.4 Å². The number of allylic oxidation sites excluding steroid dienone is 2. The molecule has 0 radical (unpaired) electrons. The summed E-state index contributed by atoms with van der Waals surface area (Å²) in [4.78, 5) is 10.5. The summed E-state index contributed by atoms with van der Waals surface area (Å²) in [6.07, 6.45) is 8.61. The number of hydrogen-bond acceptors (Lipinski definition) is 2. The van der Waals surface area contributed by atoms with Gasteiger partial charge in [-0.3, -0.25) is 14.8 Å². The number of nitrogens with zero attached hydrogens (tertiary/aromatic N) is 2. The minimum absolute atomic E-state index is 0.710. The van der Waals surface area contributed by atoms with Gasteiger partial charge in [0, 0.05) is 12.7 Å². The van der Waals surface area contributed by atoms with Crippen LogP contribution in [0.1, 0.15) is 6.92 Å². The highest BCUT2D eigenvalue weighted by Crippen LogP contribution is 2.01. The molecule has 0 spiro atoms. The predicted octanol–water partition coefficient (Wildman–Crippen LogP) is 0.765. The third-order valence-corrected chi connectivity index (χ3v) is 1.57. The number of carbonyl (C=O) groups is 1. The molecule has 1 aliphatic heterocycles. The molecule has 3 heteroatoms. The van der Waals surface area contributed by atoms with Crippen LogP contribution >= 0.6 is 0 Å². The fraction of sp³-hybridized carbons (Fsp3) is 0.375. The Kier molecular flexibility index (Phi) is 2.72. The summed E-state index contributed by atoms with van der Waals surface area (Å²) in [6.45, 7) is 3.44. The fourth-order valence-corrected chi connectivity index (χ4v) is 0.965. The van der Waals surface area contributed by atoms with Crippen LogP contribution in [0.3, 0.4) is 0 Å². The first-order valence-corrected chi connectivity index (χ1v) is 3.70. The Labute approximate surface area is 66.6 Å². The Balaban J connectivity index is 2.52. The Bertz CT molecular complexity index is 187. The van der Waals surface area contributed by atoms with Crippen LogP contribution in [-0.2, 0) is 4.79 Å². The maximum Gasteiger partial charge on any atom is 0.228 e. The molecule has 3 nitrogen and oxygen atoms in total. The van der Waals surface area contributed by atoms with Crippen molar-refractivity contribution in [1.82, 2.24) is 10.0 Å². The highest BCUT2D eigenvalue weighted by molar-refractivity contribution is 5.46. The monoisotopic (exact) mass is 152 g/mol. The lowest BCUT2D eigenvalue weighted by Crippen LogP contribution is -2.38. The quantitative estimate of drug-likeness (QED) is 0.557. The first-order valence-electron chi connectivity index (χ1n) is 3.70. The van der Waals surface area contributed by atoms with E-state index in [-0.39, 0.29) is 0 Å². The lowest BCUT2D eigenvalue weighted by Gasteiger charge is -2.29. The Morgan fingerprint density at radius 1 is 1.64 bits per heavy atom. The first-order chi connectivity index (χ1) is 5.38. The molecule has 0 fully saturated rings. The van der Waals surface area contributed by atoms with Crippen molar-refractivity contribution in [1.29, 1.82) is 0 Å². The van der Waals surface area contributed by atoms with Crippen LogP contribution in [0, 0.1) is 0 Å². The van der Waals surface area contributed by atoms with Gasteiger partial charge in [-0.25, -0.2) is 0 Å². The standard InChI is InChI=1S/C8H12N2O/c1-2-9(8-11)10-6-4-3-5-7-10/h3-6,8H,2,7H2,1H3. The summed E-state index contributed by atoms with van der Waals surface area (Å²) >= 11 is 0. The van der Waals surface area contributed by atoms with E-state index in [4.69, 9.17) is 0 Å². The highest BCUT2D eigenvalue weighted by atomic mass is 16.1. The van der Waals surface area contributed by atoms with Crippen molar-refractivity contribution in [2.75, 3.05) is 13.1 Å². The average molecular weight is 152 g/mol. The second-order valence-electron chi connectivity index (χ2n) is 2.25. The normalized spacial score (nSPS) is 15.2. The third-order valence-electron chi connectivity index (χ3n) is 1.57. The summed E-state index contributed by atoms with van der Waals surface area (Å²) in [6, 6.07) is 0. The van der Waals surface area contributed by atoms with Crippen LogP contribution in [0.5, 0.6) is 0 Å². The molecule has 0 unspecified atom stereocenters. The molecule has 0 bridgehead atoms. The van der Waals surface area contributed by atoms with Crippen LogP contribution in [0.25, 0.3) is 0 Å². The summed E-state index contributed by atoms with van der Waals surface area (Å²) < 4.78 is 0. The minimum Gasteiger partial charge on any atom is -0.287 e. The van der Waals surface area contributed by atoms with Gasteiger partial charge in [0.1, 0.15) is 0 Å². The van der Waals surface area contributed by atoms with Gasteiger partial charge in [0.25, 0.3) is 0 Å². The van der Waals surface area contributed by atoms with Gasteiger partial charge in [-0.15, -0.1) is 0 Å². The van der Waals surface area contributed by atoms with Crippen molar-refractivity contribution in [3.8, 4) is 0 Å². The molecule has 0 aromatic carbocycles. The SMILES string of the molecule is CCN(C=O)N1C=CC=CC1. The lowest BCUT2D eigenvalue weighted by molar-refractivity contribution is -0.129. The van der Waals surface area contributed by atoms with Gasteiger partial charge in [0.05, 0.1) is 6.54 Å². The molecule has 1 heterocycles. The van der Waals surface area contributed by atoms with Crippen LogP contribution < -0.4 is 0 Å². The zero-order chi connectivity index (χ0) is 8.10. The summed E-state index contributed by atoms with van der Waals surface area (Å²) in [5.41, 5.74) is 0. The van der Waals surface area contributed by atoms with Crippen LogP contribution in [0.15, 0.2) is 24.4 Å². The molecule has 60 valence electrons. The van der Waals surface area contributed by atoms with Gasteiger partial charge in [0.15, 0.2) is 0 Å².